The Hall–Kier alpha value is -1.57. The summed E-state index contributed by atoms with van der Waals surface area (Å²) in [6.07, 6.45) is 0. The van der Waals surface area contributed by atoms with Crippen molar-refractivity contribution >= 4 is 39.5 Å². The molecule has 2 aromatic rings. The zero-order valence-electron chi connectivity index (χ0n) is 11.1. The van der Waals surface area contributed by atoms with Crippen LogP contribution in [0.1, 0.15) is 12.5 Å². The van der Waals surface area contributed by atoms with Crippen molar-refractivity contribution in [1.29, 1.82) is 0 Å². The molecule has 1 aromatic carbocycles. The van der Waals surface area contributed by atoms with Gasteiger partial charge >= 0.3 is 11.6 Å². The van der Waals surface area contributed by atoms with Gasteiger partial charge in [-0.2, -0.15) is 0 Å². The largest absolute Gasteiger partial charge is 0.481 e. The summed E-state index contributed by atoms with van der Waals surface area (Å²) in [5.41, 5.74) is 0.901. The van der Waals surface area contributed by atoms with Crippen LogP contribution in [0, 0.1) is 10.5 Å². The molecule has 5 nitrogen and oxygen atoms in total. The Kier molecular flexibility index (Phi) is 4.64. The van der Waals surface area contributed by atoms with Gasteiger partial charge in [-0.1, -0.05) is 0 Å². The second-order valence-electron chi connectivity index (χ2n) is 4.10. The number of rotatable bonds is 4. The van der Waals surface area contributed by atoms with Gasteiger partial charge in [0.1, 0.15) is 5.75 Å². The minimum Gasteiger partial charge on any atom is -0.481 e. The lowest BCUT2D eigenvalue weighted by molar-refractivity contribution is -0.145. The number of halogens is 1. The Labute approximate surface area is 129 Å². The summed E-state index contributed by atoms with van der Waals surface area (Å²) in [7, 11) is 0. The molecule has 0 saturated heterocycles. The van der Waals surface area contributed by atoms with Gasteiger partial charge in [0.25, 0.3) is 0 Å². The second-order valence-corrected chi connectivity index (χ2v) is 5.18. The van der Waals surface area contributed by atoms with Gasteiger partial charge in [-0.3, -0.25) is 0 Å². The Morgan fingerprint density at radius 3 is 2.85 bits per heavy atom. The normalized spacial score (nSPS) is 10.6. The number of fused-ring (bicyclic) bond motifs is 1. The summed E-state index contributed by atoms with van der Waals surface area (Å²) in [6, 6.07) is 4.99. The smallest absolute Gasteiger partial charge is 0.344 e. The van der Waals surface area contributed by atoms with Crippen molar-refractivity contribution in [3.63, 3.8) is 0 Å². The molecule has 0 bridgehead atoms. The fourth-order valence-electron chi connectivity index (χ4n) is 1.78. The van der Waals surface area contributed by atoms with E-state index in [1.807, 2.05) is 29.5 Å². The van der Waals surface area contributed by atoms with Crippen LogP contribution < -0.4 is 10.4 Å². The van der Waals surface area contributed by atoms with Gasteiger partial charge in [-0.05, 0) is 54.1 Å². The third kappa shape index (κ3) is 3.12. The summed E-state index contributed by atoms with van der Waals surface area (Å²) >= 11 is 2.03. The van der Waals surface area contributed by atoms with Crippen molar-refractivity contribution < 1.29 is 18.7 Å². The Bertz CT molecular complexity index is 705. The van der Waals surface area contributed by atoms with Gasteiger partial charge in [0, 0.05) is 11.5 Å². The Balaban J connectivity index is 2.34. The van der Waals surface area contributed by atoms with Crippen LogP contribution in [0.2, 0.25) is 0 Å². The van der Waals surface area contributed by atoms with E-state index in [0.29, 0.717) is 21.5 Å². The number of aryl methyl sites for hydroxylation is 1. The Morgan fingerprint density at radius 2 is 2.15 bits per heavy atom. The summed E-state index contributed by atoms with van der Waals surface area (Å²) in [6.45, 7) is 3.71. The van der Waals surface area contributed by atoms with Gasteiger partial charge in [-0.25, -0.2) is 9.59 Å². The van der Waals surface area contributed by atoms with E-state index < -0.39 is 11.6 Å². The van der Waals surface area contributed by atoms with Crippen molar-refractivity contribution in [3.8, 4) is 5.75 Å². The molecule has 0 saturated carbocycles. The van der Waals surface area contributed by atoms with Gasteiger partial charge in [-0.15, -0.1) is 0 Å². The van der Waals surface area contributed by atoms with Crippen LogP contribution in [0.3, 0.4) is 0 Å². The minimum atomic E-state index is -0.436. The number of esters is 1. The van der Waals surface area contributed by atoms with E-state index in [9.17, 15) is 9.59 Å². The van der Waals surface area contributed by atoms with Crippen molar-refractivity contribution in [2.45, 2.75) is 13.8 Å². The lowest BCUT2D eigenvalue weighted by Gasteiger charge is -2.09. The molecule has 6 heteroatoms. The SMILES string of the molecule is CCOC(=O)COc1ccc2c(C)cc(=O)oc2c1I. The quantitative estimate of drug-likeness (QED) is 0.458. The fourth-order valence-corrected chi connectivity index (χ4v) is 2.52. The maximum atomic E-state index is 11.4. The van der Waals surface area contributed by atoms with E-state index in [1.165, 1.54) is 6.07 Å². The monoisotopic (exact) mass is 388 g/mol. The van der Waals surface area contributed by atoms with E-state index in [-0.39, 0.29) is 6.61 Å². The first-order valence-electron chi connectivity index (χ1n) is 6.04. The summed E-state index contributed by atoms with van der Waals surface area (Å²) < 4.78 is 16.1. The van der Waals surface area contributed by atoms with Gasteiger partial charge in [0.05, 0.1) is 10.2 Å². The molecule has 0 aliphatic heterocycles. The molecular formula is C14H13IO5. The summed E-state index contributed by atoms with van der Waals surface area (Å²) in [5, 5.41) is 0.845. The van der Waals surface area contributed by atoms with Gasteiger partial charge < -0.3 is 13.9 Å². The first kappa shape index (κ1) is 14.8. The maximum absolute atomic E-state index is 11.4. The molecule has 0 amide bonds. The van der Waals surface area contributed by atoms with Crippen molar-refractivity contribution in [1.82, 2.24) is 0 Å². The van der Waals surface area contributed by atoms with Gasteiger partial charge in [0.2, 0.25) is 0 Å². The van der Waals surface area contributed by atoms with Crippen LogP contribution in [-0.2, 0) is 9.53 Å². The molecule has 0 aliphatic rings. The number of carbonyl (C=O) groups excluding carboxylic acids is 1. The standard InChI is InChI=1S/C14H13IO5/c1-3-18-12(17)7-19-10-5-4-9-8(2)6-11(16)20-14(9)13(10)15/h4-6H,3,7H2,1-2H3. The van der Waals surface area contributed by atoms with Crippen molar-refractivity contribution in [3.05, 3.63) is 37.8 Å². The molecule has 1 heterocycles. The predicted molar refractivity (Wildman–Crippen MR) is 82.1 cm³/mol. The molecule has 2 rings (SSSR count). The number of hydrogen-bond donors (Lipinski definition) is 0. The number of hydrogen-bond acceptors (Lipinski definition) is 5. The van der Waals surface area contributed by atoms with Crippen LogP contribution >= 0.6 is 22.6 Å². The lowest BCUT2D eigenvalue weighted by Crippen LogP contribution is -2.15. The molecule has 0 spiro atoms. The molecule has 0 N–H and O–H groups in total. The Morgan fingerprint density at radius 1 is 1.40 bits per heavy atom. The van der Waals surface area contributed by atoms with Crippen molar-refractivity contribution in [2.75, 3.05) is 13.2 Å². The minimum absolute atomic E-state index is 0.175. The molecule has 0 radical (unpaired) electrons. The highest BCUT2D eigenvalue weighted by molar-refractivity contribution is 14.1. The molecule has 20 heavy (non-hydrogen) atoms. The van der Waals surface area contributed by atoms with Crippen LogP contribution in [0.4, 0.5) is 0 Å². The zero-order chi connectivity index (χ0) is 14.7. The van der Waals surface area contributed by atoms with E-state index in [4.69, 9.17) is 13.9 Å². The highest BCUT2D eigenvalue weighted by atomic mass is 127. The molecule has 0 unspecified atom stereocenters. The number of ether oxygens (including phenoxy) is 2. The predicted octanol–water partition coefficient (Wildman–Crippen LogP) is 2.65. The fraction of sp³-hybridized carbons (Fsp3) is 0.286. The first-order chi connectivity index (χ1) is 9.52. The zero-order valence-corrected chi connectivity index (χ0v) is 13.2. The van der Waals surface area contributed by atoms with Crippen LogP contribution in [0.5, 0.6) is 5.75 Å². The lowest BCUT2D eigenvalue weighted by atomic mass is 10.1. The number of carbonyl (C=O) groups is 1. The first-order valence-corrected chi connectivity index (χ1v) is 7.12. The average molecular weight is 388 g/mol. The van der Waals surface area contributed by atoms with Crippen molar-refractivity contribution in [2.24, 2.45) is 0 Å². The topological polar surface area (TPSA) is 65.7 Å². The third-order valence-electron chi connectivity index (χ3n) is 2.67. The summed E-state index contributed by atoms with van der Waals surface area (Å²) in [5.74, 6) is 0.0500. The van der Waals surface area contributed by atoms with E-state index in [2.05, 4.69) is 0 Å². The molecule has 0 atom stereocenters. The van der Waals surface area contributed by atoms with E-state index in [0.717, 1.165) is 10.9 Å². The van der Waals surface area contributed by atoms with Crippen LogP contribution in [0.15, 0.2) is 27.4 Å². The van der Waals surface area contributed by atoms with Gasteiger partial charge in [0.15, 0.2) is 12.2 Å². The second kappa shape index (κ2) is 6.25. The molecule has 106 valence electrons. The molecule has 0 aliphatic carbocycles. The van der Waals surface area contributed by atoms with Crippen LogP contribution in [-0.4, -0.2) is 19.2 Å². The number of benzene rings is 1. The van der Waals surface area contributed by atoms with Crippen LogP contribution in [0.25, 0.3) is 11.0 Å². The highest BCUT2D eigenvalue weighted by Crippen LogP contribution is 2.30. The average Bonchev–Trinajstić information content (AvgIpc) is 2.39. The third-order valence-corrected chi connectivity index (χ3v) is 3.70. The molecular weight excluding hydrogens is 375 g/mol. The summed E-state index contributed by atoms with van der Waals surface area (Å²) in [4.78, 5) is 22.7. The van der Waals surface area contributed by atoms with E-state index in [1.54, 1.807) is 19.1 Å². The van der Waals surface area contributed by atoms with E-state index >= 15 is 0 Å². The highest BCUT2D eigenvalue weighted by Gasteiger charge is 2.12. The molecule has 0 fully saturated rings. The maximum Gasteiger partial charge on any atom is 0.344 e. The molecule has 1 aromatic heterocycles.